The number of aromatic nitrogens is 5. The van der Waals surface area contributed by atoms with E-state index >= 15 is 0 Å². The number of hydrogen-bond donors (Lipinski definition) is 1. The van der Waals surface area contributed by atoms with E-state index in [9.17, 15) is 4.79 Å². The van der Waals surface area contributed by atoms with Crippen LogP contribution in [-0.2, 0) is 14.1 Å². The number of nitrogens with zero attached hydrogens (tertiary/aromatic N) is 5. The number of rotatable bonds is 5. The van der Waals surface area contributed by atoms with Crippen molar-refractivity contribution in [3.8, 4) is 5.75 Å². The van der Waals surface area contributed by atoms with Crippen molar-refractivity contribution in [3.63, 3.8) is 0 Å². The minimum absolute atomic E-state index is 0.211. The van der Waals surface area contributed by atoms with Crippen LogP contribution in [-0.4, -0.2) is 37.3 Å². The molecule has 3 aromatic heterocycles. The standard InChI is InChI=1S/C22H24N6O2/c1-13-11-17(18-14(2)26-28(4)20(18)24-13)22(29)25-19(21-23-9-10-27(21)3)15-7-6-8-16(12-15)30-5/h6-12,19H,1-5H3,(H,25,29). The molecule has 3 heterocycles. The van der Waals surface area contributed by atoms with E-state index in [1.807, 2.05) is 63.0 Å². The van der Waals surface area contributed by atoms with Gasteiger partial charge in [0.2, 0.25) is 0 Å². The van der Waals surface area contributed by atoms with Crippen molar-refractivity contribution in [1.82, 2.24) is 29.6 Å². The van der Waals surface area contributed by atoms with Crippen LogP contribution < -0.4 is 10.1 Å². The number of aryl methyl sites for hydroxylation is 4. The summed E-state index contributed by atoms with van der Waals surface area (Å²) < 4.78 is 8.97. The van der Waals surface area contributed by atoms with Gasteiger partial charge in [-0.2, -0.15) is 5.10 Å². The molecular weight excluding hydrogens is 380 g/mol. The molecule has 4 aromatic rings. The topological polar surface area (TPSA) is 86.9 Å². The average molecular weight is 404 g/mol. The van der Waals surface area contributed by atoms with Crippen LogP contribution in [0.2, 0.25) is 0 Å². The molecule has 0 radical (unpaired) electrons. The van der Waals surface area contributed by atoms with Crippen molar-refractivity contribution in [2.75, 3.05) is 7.11 Å². The van der Waals surface area contributed by atoms with Gasteiger partial charge >= 0.3 is 0 Å². The summed E-state index contributed by atoms with van der Waals surface area (Å²) in [5.41, 5.74) is 3.63. The fourth-order valence-corrected chi connectivity index (χ4v) is 3.73. The Kier molecular flexibility index (Phi) is 4.99. The average Bonchev–Trinajstić information content (AvgIpc) is 3.28. The van der Waals surface area contributed by atoms with E-state index in [1.165, 1.54) is 0 Å². The molecule has 0 spiro atoms. The maximum atomic E-state index is 13.5. The van der Waals surface area contributed by atoms with E-state index in [2.05, 4.69) is 20.4 Å². The van der Waals surface area contributed by atoms with Crippen LogP contribution in [0.3, 0.4) is 0 Å². The molecule has 1 aromatic carbocycles. The molecule has 0 bridgehead atoms. The van der Waals surface area contributed by atoms with E-state index in [1.54, 1.807) is 24.1 Å². The second-order valence-corrected chi connectivity index (χ2v) is 7.30. The van der Waals surface area contributed by atoms with Crippen LogP contribution in [0.1, 0.15) is 39.2 Å². The van der Waals surface area contributed by atoms with E-state index < -0.39 is 6.04 Å². The minimum Gasteiger partial charge on any atom is -0.497 e. The molecule has 1 atom stereocenters. The highest BCUT2D eigenvalue weighted by Crippen LogP contribution is 2.26. The van der Waals surface area contributed by atoms with Crippen LogP contribution in [0, 0.1) is 13.8 Å². The van der Waals surface area contributed by atoms with Gasteiger partial charge in [0.25, 0.3) is 5.91 Å². The maximum Gasteiger partial charge on any atom is 0.253 e. The Morgan fingerprint density at radius 1 is 1.20 bits per heavy atom. The molecule has 30 heavy (non-hydrogen) atoms. The lowest BCUT2D eigenvalue weighted by atomic mass is 10.0. The first-order valence-corrected chi connectivity index (χ1v) is 9.62. The summed E-state index contributed by atoms with van der Waals surface area (Å²) in [6.45, 7) is 3.76. The Labute approximate surface area is 174 Å². The molecule has 8 heteroatoms. The maximum absolute atomic E-state index is 13.5. The number of carbonyl (C=O) groups excluding carboxylic acids is 1. The van der Waals surface area contributed by atoms with Crippen molar-refractivity contribution < 1.29 is 9.53 Å². The van der Waals surface area contributed by atoms with Gasteiger partial charge < -0.3 is 14.6 Å². The monoisotopic (exact) mass is 404 g/mol. The third-order valence-electron chi connectivity index (χ3n) is 5.16. The SMILES string of the molecule is COc1cccc(C(NC(=O)c2cc(C)nc3c2c(C)nn3C)c2nccn2C)c1. The Balaban J connectivity index is 1.80. The Bertz CT molecular complexity index is 1240. The first kappa shape index (κ1) is 19.6. The molecule has 154 valence electrons. The van der Waals surface area contributed by atoms with Crippen LogP contribution in [0.4, 0.5) is 0 Å². The molecular formula is C22H24N6O2. The van der Waals surface area contributed by atoms with E-state index in [4.69, 9.17) is 4.74 Å². The molecule has 0 aliphatic heterocycles. The van der Waals surface area contributed by atoms with Gasteiger partial charge in [-0.15, -0.1) is 0 Å². The summed E-state index contributed by atoms with van der Waals surface area (Å²) in [6.07, 6.45) is 3.57. The summed E-state index contributed by atoms with van der Waals surface area (Å²) in [6, 6.07) is 8.97. The van der Waals surface area contributed by atoms with Crippen LogP contribution in [0.5, 0.6) is 5.75 Å². The number of benzene rings is 1. The highest BCUT2D eigenvalue weighted by Gasteiger charge is 2.24. The summed E-state index contributed by atoms with van der Waals surface area (Å²) in [4.78, 5) is 22.5. The highest BCUT2D eigenvalue weighted by atomic mass is 16.5. The Hall–Kier alpha value is -3.68. The van der Waals surface area contributed by atoms with Gasteiger partial charge in [0.1, 0.15) is 17.6 Å². The van der Waals surface area contributed by atoms with E-state index in [0.29, 0.717) is 17.0 Å². The Morgan fingerprint density at radius 2 is 2.00 bits per heavy atom. The second kappa shape index (κ2) is 7.62. The summed E-state index contributed by atoms with van der Waals surface area (Å²) >= 11 is 0. The fraction of sp³-hybridized carbons (Fsp3) is 0.273. The second-order valence-electron chi connectivity index (χ2n) is 7.30. The van der Waals surface area contributed by atoms with Crippen molar-refractivity contribution in [1.29, 1.82) is 0 Å². The number of carbonyl (C=O) groups is 1. The van der Waals surface area contributed by atoms with Gasteiger partial charge in [-0.3, -0.25) is 9.48 Å². The number of amides is 1. The van der Waals surface area contributed by atoms with Crippen LogP contribution in [0.25, 0.3) is 11.0 Å². The van der Waals surface area contributed by atoms with Gasteiger partial charge in [0, 0.05) is 32.2 Å². The number of fused-ring (bicyclic) bond motifs is 1. The first-order valence-electron chi connectivity index (χ1n) is 9.62. The van der Waals surface area contributed by atoms with Crippen molar-refractivity contribution in [2.45, 2.75) is 19.9 Å². The largest absolute Gasteiger partial charge is 0.497 e. The zero-order chi connectivity index (χ0) is 21.4. The third kappa shape index (κ3) is 3.41. The number of hydrogen-bond acceptors (Lipinski definition) is 5. The molecule has 0 aliphatic rings. The van der Waals surface area contributed by atoms with Crippen LogP contribution >= 0.6 is 0 Å². The normalized spacial score (nSPS) is 12.2. The molecule has 0 aliphatic carbocycles. The lowest BCUT2D eigenvalue weighted by molar-refractivity contribution is 0.0942. The van der Waals surface area contributed by atoms with E-state index in [0.717, 1.165) is 28.2 Å². The van der Waals surface area contributed by atoms with Crippen molar-refractivity contribution in [2.24, 2.45) is 14.1 Å². The molecule has 0 saturated heterocycles. The number of methoxy groups -OCH3 is 1. The predicted molar refractivity (Wildman–Crippen MR) is 113 cm³/mol. The van der Waals surface area contributed by atoms with Gasteiger partial charge in [-0.1, -0.05) is 12.1 Å². The molecule has 0 fully saturated rings. The number of ether oxygens (including phenoxy) is 1. The number of nitrogens with one attached hydrogen (secondary N) is 1. The van der Waals surface area contributed by atoms with Crippen LogP contribution in [0.15, 0.2) is 42.7 Å². The summed E-state index contributed by atoms with van der Waals surface area (Å²) in [7, 11) is 5.35. The molecule has 1 amide bonds. The van der Waals surface area contributed by atoms with Gasteiger partial charge in [-0.05, 0) is 37.6 Å². The molecule has 1 unspecified atom stereocenters. The van der Waals surface area contributed by atoms with Gasteiger partial charge in [-0.25, -0.2) is 9.97 Å². The zero-order valence-corrected chi connectivity index (χ0v) is 17.7. The molecule has 0 saturated carbocycles. The molecule has 4 rings (SSSR count). The summed E-state index contributed by atoms with van der Waals surface area (Å²) in [5, 5.41) is 8.35. The molecule has 8 nitrogen and oxygen atoms in total. The number of pyridine rings is 1. The minimum atomic E-state index is -0.451. The lowest BCUT2D eigenvalue weighted by Gasteiger charge is -2.20. The summed E-state index contributed by atoms with van der Waals surface area (Å²) in [5.74, 6) is 1.23. The van der Waals surface area contributed by atoms with Crippen molar-refractivity contribution in [3.05, 3.63) is 71.1 Å². The van der Waals surface area contributed by atoms with E-state index in [-0.39, 0.29) is 5.91 Å². The quantitative estimate of drug-likeness (QED) is 0.553. The zero-order valence-electron chi connectivity index (χ0n) is 17.7. The third-order valence-corrected chi connectivity index (χ3v) is 5.16. The Morgan fingerprint density at radius 3 is 2.70 bits per heavy atom. The smallest absolute Gasteiger partial charge is 0.253 e. The predicted octanol–water partition coefficient (Wildman–Crippen LogP) is 2.85. The van der Waals surface area contributed by atoms with Crippen molar-refractivity contribution >= 4 is 16.9 Å². The first-order chi connectivity index (χ1) is 14.4. The van der Waals surface area contributed by atoms with Gasteiger partial charge in [0.15, 0.2) is 5.65 Å². The fourth-order valence-electron chi connectivity index (χ4n) is 3.73. The molecule has 1 N–H and O–H groups in total. The highest BCUT2D eigenvalue weighted by molar-refractivity contribution is 6.06. The number of imidazole rings is 1. The van der Waals surface area contributed by atoms with Gasteiger partial charge in [0.05, 0.1) is 23.8 Å². The lowest BCUT2D eigenvalue weighted by Crippen LogP contribution is -2.31.